The summed E-state index contributed by atoms with van der Waals surface area (Å²) in [4.78, 5) is 12.6. The molecule has 28 heavy (non-hydrogen) atoms. The number of carbonyl (C=O) groups excluding carboxylic acids is 1. The van der Waals surface area contributed by atoms with Crippen LogP contribution in [0.15, 0.2) is 74.5 Å². The maximum absolute atomic E-state index is 12.7. The van der Waals surface area contributed by atoms with Gasteiger partial charge in [0.25, 0.3) is 11.7 Å². The highest BCUT2D eigenvalue weighted by Crippen LogP contribution is 2.29. The Balaban J connectivity index is 1.45. The second-order valence-electron chi connectivity index (χ2n) is 5.89. The van der Waals surface area contributed by atoms with E-state index in [2.05, 4.69) is 10.5 Å². The molecule has 0 saturated carbocycles. The zero-order valence-electron chi connectivity index (χ0n) is 14.4. The number of benzene rings is 2. The highest BCUT2D eigenvalue weighted by atomic mass is 32.2. The van der Waals surface area contributed by atoms with Crippen LogP contribution in [0.1, 0.15) is 16.1 Å². The van der Waals surface area contributed by atoms with Crippen LogP contribution in [0.3, 0.4) is 0 Å². The van der Waals surface area contributed by atoms with Gasteiger partial charge in [-0.25, -0.2) is 0 Å². The Morgan fingerprint density at radius 3 is 2.68 bits per heavy atom. The van der Waals surface area contributed by atoms with E-state index in [9.17, 15) is 13.6 Å². The quantitative estimate of drug-likeness (QED) is 0.443. The van der Waals surface area contributed by atoms with Crippen LogP contribution in [0, 0.1) is 0 Å². The lowest BCUT2D eigenvalue weighted by Gasteiger charge is -2.08. The Hall–Kier alpha value is -3.13. The van der Waals surface area contributed by atoms with Crippen LogP contribution in [0.4, 0.5) is 8.78 Å². The highest BCUT2D eigenvalue weighted by Gasteiger charge is 2.16. The first-order valence-electron chi connectivity index (χ1n) is 8.37. The van der Waals surface area contributed by atoms with Gasteiger partial charge in [0.15, 0.2) is 5.76 Å². The molecule has 4 rings (SSSR count). The molecular weight excluding hydrogens is 386 g/mol. The van der Waals surface area contributed by atoms with Crippen LogP contribution in [0.2, 0.25) is 0 Å². The molecule has 2 aromatic carbocycles. The van der Waals surface area contributed by atoms with Crippen molar-refractivity contribution in [2.45, 2.75) is 17.2 Å². The average Bonchev–Trinajstić information content (AvgIpc) is 3.32. The summed E-state index contributed by atoms with van der Waals surface area (Å²) in [6.45, 7) is 0.0935. The molecule has 5 nitrogen and oxygen atoms in total. The Bertz CT molecular complexity index is 1090. The molecule has 0 unspecified atom stereocenters. The second kappa shape index (κ2) is 7.85. The van der Waals surface area contributed by atoms with Gasteiger partial charge in [-0.05, 0) is 24.3 Å². The number of carbonyl (C=O) groups is 1. The van der Waals surface area contributed by atoms with E-state index in [1.807, 2.05) is 30.3 Å². The molecule has 0 fully saturated rings. The molecule has 142 valence electrons. The minimum Gasteiger partial charge on any atom is -0.453 e. The van der Waals surface area contributed by atoms with E-state index in [0.717, 1.165) is 11.0 Å². The Morgan fingerprint density at radius 1 is 1.07 bits per heavy atom. The average molecular weight is 400 g/mol. The van der Waals surface area contributed by atoms with Gasteiger partial charge in [0.1, 0.15) is 11.3 Å². The van der Waals surface area contributed by atoms with Crippen molar-refractivity contribution in [3.63, 3.8) is 0 Å². The minimum absolute atomic E-state index is 0.0935. The van der Waals surface area contributed by atoms with Crippen molar-refractivity contribution in [2.24, 2.45) is 0 Å². The third kappa shape index (κ3) is 3.91. The Morgan fingerprint density at radius 2 is 1.86 bits per heavy atom. The normalized spacial score (nSPS) is 11.2. The van der Waals surface area contributed by atoms with Gasteiger partial charge in [-0.15, -0.1) is 0 Å². The fourth-order valence-electron chi connectivity index (χ4n) is 2.73. The maximum atomic E-state index is 12.7. The van der Waals surface area contributed by atoms with Crippen LogP contribution in [-0.2, 0) is 6.54 Å². The predicted octanol–water partition coefficient (Wildman–Crippen LogP) is 5.33. The molecule has 0 atom stereocenters. The number of nitrogens with one attached hydrogen (secondary N) is 1. The Labute approximate surface area is 162 Å². The van der Waals surface area contributed by atoms with E-state index >= 15 is 0 Å². The fraction of sp³-hybridized carbons (Fsp3) is 0.100. The van der Waals surface area contributed by atoms with Crippen LogP contribution in [0.25, 0.3) is 22.5 Å². The first kappa shape index (κ1) is 18.2. The SMILES string of the molecule is O=C(NCc1cc(-c2cc3ccccc3o2)on1)c1ccccc1SC(F)F. The van der Waals surface area contributed by atoms with Gasteiger partial charge in [0.2, 0.25) is 5.76 Å². The van der Waals surface area contributed by atoms with Crippen LogP contribution < -0.4 is 5.32 Å². The number of aromatic nitrogens is 1. The number of halogens is 2. The molecule has 1 N–H and O–H groups in total. The molecule has 0 spiro atoms. The number of hydrogen-bond acceptors (Lipinski definition) is 5. The predicted molar refractivity (Wildman–Crippen MR) is 101 cm³/mol. The molecule has 1 amide bonds. The summed E-state index contributed by atoms with van der Waals surface area (Å²) in [7, 11) is 0. The monoisotopic (exact) mass is 400 g/mol. The van der Waals surface area contributed by atoms with Crippen molar-refractivity contribution in [1.82, 2.24) is 10.5 Å². The molecule has 2 aromatic heterocycles. The number of furan rings is 1. The van der Waals surface area contributed by atoms with Gasteiger partial charge in [0, 0.05) is 16.3 Å². The van der Waals surface area contributed by atoms with E-state index in [-0.39, 0.29) is 17.0 Å². The van der Waals surface area contributed by atoms with Gasteiger partial charge < -0.3 is 14.3 Å². The topological polar surface area (TPSA) is 68.3 Å². The molecule has 0 bridgehead atoms. The molecule has 0 aliphatic rings. The van der Waals surface area contributed by atoms with E-state index < -0.39 is 11.7 Å². The zero-order valence-corrected chi connectivity index (χ0v) is 15.2. The summed E-state index contributed by atoms with van der Waals surface area (Å²) in [5, 5.41) is 7.54. The number of hydrogen-bond donors (Lipinski definition) is 1. The Kier molecular flexibility index (Phi) is 5.12. The third-order valence-electron chi connectivity index (χ3n) is 4.01. The van der Waals surface area contributed by atoms with Crippen LogP contribution in [0.5, 0.6) is 0 Å². The van der Waals surface area contributed by atoms with Gasteiger partial charge in [-0.3, -0.25) is 4.79 Å². The van der Waals surface area contributed by atoms with Crippen molar-refractivity contribution in [1.29, 1.82) is 0 Å². The van der Waals surface area contributed by atoms with Crippen molar-refractivity contribution >= 4 is 28.6 Å². The molecule has 4 aromatic rings. The van der Waals surface area contributed by atoms with Crippen LogP contribution in [-0.4, -0.2) is 16.8 Å². The van der Waals surface area contributed by atoms with E-state index in [4.69, 9.17) is 8.94 Å². The van der Waals surface area contributed by atoms with Crippen molar-refractivity contribution in [3.8, 4) is 11.5 Å². The summed E-state index contributed by atoms with van der Waals surface area (Å²) in [6.07, 6.45) is 0. The number of fused-ring (bicyclic) bond motifs is 1. The maximum Gasteiger partial charge on any atom is 0.288 e. The lowest BCUT2D eigenvalue weighted by atomic mass is 10.2. The number of alkyl halides is 2. The standard InChI is InChI=1S/C20H14F2N2O3S/c21-20(22)28-18-8-4-2-6-14(18)19(25)23-11-13-10-17(27-24-13)16-9-12-5-1-3-7-15(12)26-16/h1-10,20H,11H2,(H,23,25). The number of para-hydroxylation sites is 1. The fourth-order valence-corrected chi connectivity index (χ4v) is 3.37. The van der Waals surface area contributed by atoms with Gasteiger partial charge in [-0.2, -0.15) is 8.78 Å². The van der Waals surface area contributed by atoms with E-state index in [0.29, 0.717) is 29.0 Å². The molecule has 0 saturated heterocycles. The van der Waals surface area contributed by atoms with Crippen molar-refractivity contribution in [3.05, 3.63) is 71.9 Å². The lowest BCUT2D eigenvalue weighted by molar-refractivity contribution is 0.0947. The summed E-state index contributed by atoms with van der Waals surface area (Å²) in [5.41, 5.74) is 1.41. The molecule has 0 aliphatic heterocycles. The largest absolute Gasteiger partial charge is 0.453 e. The van der Waals surface area contributed by atoms with Gasteiger partial charge >= 0.3 is 0 Å². The zero-order chi connectivity index (χ0) is 19.5. The lowest BCUT2D eigenvalue weighted by Crippen LogP contribution is -2.23. The molecule has 8 heteroatoms. The molecular formula is C20H14F2N2O3S. The number of nitrogens with zero attached hydrogens (tertiary/aromatic N) is 1. The van der Waals surface area contributed by atoms with E-state index in [1.165, 1.54) is 12.1 Å². The van der Waals surface area contributed by atoms with Gasteiger partial charge in [-0.1, -0.05) is 47.3 Å². The molecule has 0 aliphatic carbocycles. The van der Waals surface area contributed by atoms with Crippen LogP contribution >= 0.6 is 11.8 Å². The first-order valence-corrected chi connectivity index (χ1v) is 9.25. The smallest absolute Gasteiger partial charge is 0.288 e. The number of rotatable bonds is 6. The van der Waals surface area contributed by atoms with Crippen molar-refractivity contribution in [2.75, 3.05) is 0 Å². The minimum atomic E-state index is -2.60. The summed E-state index contributed by atoms with van der Waals surface area (Å²) < 4.78 is 36.3. The number of amides is 1. The van der Waals surface area contributed by atoms with Gasteiger partial charge in [0.05, 0.1) is 12.1 Å². The summed E-state index contributed by atoms with van der Waals surface area (Å²) >= 11 is 0.338. The summed E-state index contributed by atoms with van der Waals surface area (Å²) in [6, 6.07) is 17.3. The summed E-state index contributed by atoms with van der Waals surface area (Å²) in [5.74, 6) is -2.09. The highest BCUT2D eigenvalue weighted by molar-refractivity contribution is 7.99. The third-order valence-corrected chi connectivity index (χ3v) is 4.79. The molecule has 0 radical (unpaired) electrons. The second-order valence-corrected chi connectivity index (χ2v) is 6.92. The van der Waals surface area contributed by atoms with E-state index in [1.54, 1.807) is 18.2 Å². The number of thioether (sulfide) groups is 1. The first-order chi connectivity index (χ1) is 13.6. The van der Waals surface area contributed by atoms with Crippen molar-refractivity contribution < 1.29 is 22.5 Å². The molecule has 2 heterocycles.